The zero-order valence-corrected chi connectivity index (χ0v) is 30.2. The highest BCUT2D eigenvalue weighted by Gasteiger charge is 2.54. The highest BCUT2D eigenvalue weighted by Crippen LogP contribution is 2.41. The Morgan fingerprint density at radius 2 is 1.66 bits per heavy atom. The third kappa shape index (κ3) is 8.56. The number of Topliss-reactive ketones (excluding diaryl/α,β-unsaturated/α-hetero) is 1. The van der Waals surface area contributed by atoms with Crippen molar-refractivity contribution in [2.75, 3.05) is 41.0 Å². The second kappa shape index (κ2) is 15.7. The second-order valence-corrected chi connectivity index (χ2v) is 15.0. The van der Waals surface area contributed by atoms with E-state index in [-0.39, 0.29) is 44.0 Å². The maximum absolute atomic E-state index is 13.9. The first-order chi connectivity index (χ1) is 21.8. The van der Waals surface area contributed by atoms with Gasteiger partial charge in [-0.05, 0) is 61.1 Å². The van der Waals surface area contributed by atoms with Crippen LogP contribution >= 0.6 is 0 Å². The van der Waals surface area contributed by atoms with Crippen molar-refractivity contribution in [3.05, 3.63) is 0 Å². The number of carbonyl (C=O) groups excluding carboxylic acids is 2. The SMILES string of the molecule is CC[C@H]1OC(=O)[C@H](C)[C@H]2OCC(O)(CO)CO[C@](C)(C[C@@H](C)C(=O)[C@H](C)[C@@H](O)[C@]1(C)O)[C@H](O[C@@H]1O[C@H](C)C[C@H](N(C)C)[C@H]1OC)[C@H]2C. The lowest BCUT2D eigenvalue weighted by Crippen LogP contribution is -2.61. The molecule has 3 aliphatic heterocycles. The lowest BCUT2D eigenvalue weighted by atomic mass is 9.74. The molecule has 0 aliphatic carbocycles. The van der Waals surface area contributed by atoms with Crippen molar-refractivity contribution in [2.24, 2.45) is 23.7 Å². The summed E-state index contributed by atoms with van der Waals surface area (Å²) in [6, 6.07) is -0.0486. The summed E-state index contributed by atoms with van der Waals surface area (Å²) in [7, 11) is 5.51. The van der Waals surface area contributed by atoms with E-state index in [1.165, 1.54) is 6.92 Å². The summed E-state index contributed by atoms with van der Waals surface area (Å²) < 4.78 is 37.9. The van der Waals surface area contributed by atoms with Gasteiger partial charge in [-0.25, -0.2) is 0 Å². The van der Waals surface area contributed by atoms with Crippen molar-refractivity contribution in [3.63, 3.8) is 0 Å². The molecule has 0 amide bonds. The summed E-state index contributed by atoms with van der Waals surface area (Å²) >= 11 is 0. The molecule has 0 spiro atoms. The van der Waals surface area contributed by atoms with E-state index in [1.54, 1.807) is 41.7 Å². The molecule has 4 N–H and O–H groups in total. The maximum Gasteiger partial charge on any atom is 0.311 e. The molecule has 13 nitrogen and oxygen atoms in total. The van der Waals surface area contributed by atoms with Crippen LogP contribution < -0.4 is 0 Å². The number of fused-ring (bicyclic) bond motifs is 3. The zero-order valence-electron chi connectivity index (χ0n) is 30.2. The standard InChI is InChI=1S/C34H61NO12/c1-12-24-33(8,40)28(38)20(4)25(37)18(2)14-32(7)29(47-31-27(42-11)23(35(9)10)13-19(3)45-31)21(5)26(22(6)30(39)46-24)43-16-34(41,15-36)17-44-32/h18-24,26-29,31,36,38,40-41H,12-17H2,1-11H3/t18-,19-,20+,21+,22-,23+,24-,26+,27-,28-,29-,31+,32-,33-,34?/m1/s1. The van der Waals surface area contributed by atoms with Crippen LogP contribution in [-0.4, -0.2) is 144 Å². The van der Waals surface area contributed by atoms with Gasteiger partial charge in [0.15, 0.2) is 6.29 Å². The fourth-order valence-corrected chi connectivity index (χ4v) is 7.74. The lowest BCUT2D eigenvalue weighted by Gasteiger charge is -2.49. The number of nitrogens with zero attached hydrogens (tertiary/aromatic N) is 1. The average molecular weight is 676 g/mol. The number of aliphatic hydroxyl groups excluding tert-OH is 2. The number of esters is 1. The van der Waals surface area contributed by atoms with Crippen molar-refractivity contribution in [2.45, 2.75) is 140 Å². The fourth-order valence-electron chi connectivity index (χ4n) is 7.74. The van der Waals surface area contributed by atoms with Crippen molar-refractivity contribution in [1.82, 2.24) is 4.90 Å². The number of rotatable bonds is 6. The van der Waals surface area contributed by atoms with Gasteiger partial charge < -0.3 is 53.7 Å². The van der Waals surface area contributed by atoms with Crippen LogP contribution in [0.4, 0.5) is 0 Å². The molecule has 15 atom stereocenters. The Morgan fingerprint density at radius 1 is 1.02 bits per heavy atom. The van der Waals surface area contributed by atoms with E-state index in [4.69, 9.17) is 28.4 Å². The number of likely N-dealkylation sites (N-methyl/N-ethyl adjacent to an activating group) is 1. The average Bonchev–Trinajstić information content (AvgIpc) is 3.05. The number of carbonyl (C=O) groups is 2. The van der Waals surface area contributed by atoms with Gasteiger partial charge in [0.05, 0.1) is 55.8 Å². The Bertz CT molecular complexity index is 1060. The third-order valence-electron chi connectivity index (χ3n) is 10.8. The topological polar surface area (TPSA) is 174 Å². The van der Waals surface area contributed by atoms with Gasteiger partial charge >= 0.3 is 5.97 Å². The summed E-state index contributed by atoms with van der Waals surface area (Å²) in [6.07, 6.45) is -5.15. The van der Waals surface area contributed by atoms with E-state index in [0.29, 0.717) is 6.42 Å². The van der Waals surface area contributed by atoms with Crippen LogP contribution in [0.3, 0.4) is 0 Å². The van der Waals surface area contributed by atoms with Gasteiger partial charge in [0.1, 0.15) is 29.2 Å². The van der Waals surface area contributed by atoms with E-state index >= 15 is 0 Å². The number of hydrogen-bond donors (Lipinski definition) is 4. The van der Waals surface area contributed by atoms with Crippen LogP contribution in [0.1, 0.15) is 74.7 Å². The van der Waals surface area contributed by atoms with Crippen molar-refractivity contribution < 1.29 is 58.4 Å². The molecule has 2 bridgehead atoms. The minimum absolute atomic E-state index is 0.0486. The fraction of sp³-hybridized carbons (Fsp3) is 0.941. The number of cyclic esters (lactones) is 1. The summed E-state index contributed by atoms with van der Waals surface area (Å²) in [5.41, 5.74) is -5.10. The molecular weight excluding hydrogens is 614 g/mol. The molecule has 3 heterocycles. The number of methoxy groups -OCH3 is 1. The quantitative estimate of drug-likeness (QED) is 0.297. The largest absolute Gasteiger partial charge is 0.459 e. The minimum atomic E-state index is -1.94. The highest BCUT2D eigenvalue weighted by molar-refractivity contribution is 5.83. The first-order valence-electron chi connectivity index (χ1n) is 17.0. The van der Waals surface area contributed by atoms with Crippen LogP contribution in [0.5, 0.6) is 0 Å². The van der Waals surface area contributed by atoms with Gasteiger partial charge in [-0.15, -0.1) is 0 Å². The molecular formula is C34H61NO12. The predicted molar refractivity (Wildman–Crippen MR) is 171 cm³/mol. The summed E-state index contributed by atoms with van der Waals surface area (Å²) in [5.74, 6) is -4.38. The molecule has 0 aromatic carbocycles. The Kier molecular flexibility index (Phi) is 13.5. The van der Waals surface area contributed by atoms with E-state index in [9.17, 15) is 30.0 Å². The Morgan fingerprint density at radius 3 is 2.21 bits per heavy atom. The van der Waals surface area contributed by atoms with Gasteiger partial charge in [-0.3, -0.25) is 9.59 Å². The van der Waals surface area contributed by atoms with Gasteiger partial charge in [0, 0.05) is 30.9 Å². The molecule has 1 unspecified atom stereocenters. The normalized spacial score (nSPS) is 47.9. The van der Waals surface area contributed by atoms with Gasteiger partial charge in [0.2, 0.25) is 0 Å². The molecule has 0 aromatic heterocycles. The van der Waals surface area contributed by atoms with E-state index in [2.05, 4.69) is 4.90 Å². The molecule has 0 saturated carbocycles. The summed E-state index contributed by atoms with van der Waals surface area (Å²) in [4.78, 5) is 29.8. The molecule has 3 fully saturated rings. The summed E-state index contributed by atoms with van der Waals surface area (Å²) in [6.45, 7) is 12.1. The zero-order chi connectivity index (χ0) is 35.6. The van der Waals surface area contributed by atoms with Crippen LogP contribution in [0, 0.1) is 23.7 Å². The van der Waals surface area contributed by atoms with Gasteiger partial charge in [-0.1, -0.05) is 27.7 Å². The smallest absolute Gasteiger partial charge is 0.311 e. The first kappa shape index (κ1) is 40.2. The number of ether oxygens (including phenoxy) is 6. The van der Waals surface area contributed by atoms with Gasteiger partial charge in [0.25, 0.3) is 0 Å². The first-order valence-corrected chi connectivity index (χ1v) is 17.0. The highest BCUT2D eigenvalue weighted by atomic mass is 16.7. The van der Waals surface area contributed by atoms with Crippen LogP contribution in [-0.2, 0) is 38.0 Å². The monoisotopic (exact) mass is 675 g/mol. The number of ketones is 1. The molecule has 3 saturated heterocycles. The predicted octanol–water partition coefficient (Wildman–Crippen LogP) is 1.30. The number of hydrogen-bond acceptors (Lipinski definition) is 13. The third-order valence-corrected chi connectivity index (χ3v) is 10.8. The Balaban J connectivity index is 2.23. The maximum atomic E-state index is 13.9. The summed E-state index contributed by atoms with van der Waals surface area (Å²) in [5, 5.41) is 44.4. The molecule has 3 aliphatic rings. The van der Waals surface area contributed by atoms with E-state index in [1.807, 2.05) is 27.9 Å². The van der Waals surface area contributed by atoms with Gasteiger partial charge in [-0.2, -0.15) is 0 Å². The molecule has 0 radical (unpaired) electrons. The molecule has 0 aromatic rings. The van der Waals surface area contributed by atoms with Crippen molar-refractivity contribution in [3.8, 4) is 0 Å². The number of aliphatic hydroxyl groups is 4. The van der Waals surface area contributed by atoms with Crippen LogP contribution in [0.2, 0.25) is 0 Å². The molecule has 13 heteroatoms. The minimum Gasteiger partial charge on any atom is -0.459 e. The molecule has 274 valence electrons. The Labute approximate surface area is 280 Å². The lowest BCUT2D eigenvalue weighted by molar-refractivity contribution is -0.307. The van der Waals surface area contributed by atoms with Crippen LogP contribution in [0.25, 0.3) is 0 Å². The Hall–Kier alpha value is -1.26. The van der Waals surface area contributed by atoms with E-state index in [0.717, 1.165) is 0 Å². The van der Waals surface area contributed by atoms with E-state index < -0.39 is 89.9 Å². The van der Waals surface area contributed by atoms with Crippen molar-refractivity contribution in [1.29, 1.82) is 0 Å². The van der Waals surface area contributed by atoms with Crippen molar-refractivity contribution >= 4 is 11.8 Å². The molecule has 47 heavy (non-hydrogen) atoms. The molecule has 3 rings (SSSR count). The second-order valence-electron chi connectivity index (χ2n) is 15.0. The van der Waals surface area contributed by atoms with Crippen LogP contribution in [0.15, 0.2) is 0 Å².